The van der Waals surface area contributed by atoms with E-state index in [4.69, 9.17) is 4.55 Å². The molecule has 0 aromatic carbocycles. The molecule has 0 rings (SSSR count). The Balaban J connectivity index is 3.04. The summed E-state index contributed by atoms with van der Waals surface area (Å²) < 4.78 is 30.0. The van der Waals surface area contributed by atoms with Crippen molar-refractivity contribution in [3.05, 3.63) is 0 Å². The van der Waals surface area contributed by atoms with Crippen molar-refractivity contribution in [3.8, 4) is 0 Å². The Labute approximate surface area is 221 Å². The number of unbranched alkanes of at least 4 members (excludes halogenated alkanes) is 24. The van der Waals surface area contributed by atoms with E-state index in [-0.39, 0.29) is 5.75 Å². The summed E-state index contributed by atoms with van der Waals surface area (Å²) in [6, 6.07) is 0. The molecule has 0 heterocycles. The average molecular weight is 518 g/mol. The lowest BCUT2D eigenvalue weighted by molar-refractivity contribution is 0.478. The highest BCUT2D eigenvalue weighted by molar-refractivity contribution is 7.85. The van der Waals surface area contributed by atoms with Crippen molar-refractivity contribution in [2.75, 3.05) is 18.8 Å². The number of rotatable bonds is 30. The third-order valence-corrected chi connectivity index (χ3v) is 8.02. The molecule has 0 unspecified atom stereocenters. The number of hydrogen-bond acceptors (Lipinski definition) is 3. The van der Waals surface area contributed by atoms with Crippen LogP contribution < -0.4 is 5.32 Å². The van der Waals surface area contributed by atoms with Crippen LogP contribution in [0.15, 0.2) is 0 Å². The Morgan fingerprint density at radius 3 is 0.971 bits per heavy atom. The predicted molar refractivity (Wildman–Crippen MR) is 155 cm³/mol. The SMILES string of the molecule is CCCCCCCCCCCCNCCCCCCCCCCCCCCCCCCS(=O)(=O)O. The fourth-order valence-corrected chi connectivity index (χ4v) is 5.44. The van der Waals surface area contributed by atoms with Crippen LogP contribution in [0, 0.1) is 0 Å². The molecule has 5 heteroatoms. The zero-order valence-electron chi connectivity index (χ0n) is 23.7. The van der Waals surface area contributed by atoms with Crippen molar-refractivity contribution in [1.29, 1.82) is 0 Å². The average Bonchev–Trinajstić information content (AvgIpc) is 2.82. The van der Waals surface area contributed by atoms with Crippen LogP contribution >= 0.6 is 0 Å². The zero-order chi connectivity index (χ0) is 25.7. The molecule has 0 aromatic rings. The summed E-state index contributed by atoms with van der Waals surface area (Å²) in [5, 5.41) is 3.64. The van der Waals surface area contributed by atoms with Gasteiger partial charge >= 0.3 is 0 Å². The van der Waals surface area contributed by atoms with Crippen LogP contribution in [0.25, 0.3) is 0 Å². The summed E-state index contributed by atoms with van der Waals surface area (Å²) in [6.45, 7) is 4.72. The molecule has 0 atom stereocenters. The minimum atomic E-state index is -3.76. The molecule has 0 bridgehead atoms. The molecule has 4 nitrogen and oxygen atoms in total. The molecule has 0 aromatic heterocycles. The molecular formula is C30H63NO3S. The van der Waals surface area contributed by atoms with E-state index in [9.17, 15) is 8.42 Å². The van der Waals surface area contributed by atoms with E-state index >= 15 is 0 Å². The van der Waals surface area contributed by atoms with Crippen molar-refractivity contribution in [3.63, 3.8) is 0 Å². The number of nitrogens with one attached hydrogen (secondary N) is 1. The van der Waals surface area contributed by atoms with Crippen LogP contribution in [0.2, 0.25) is 0 Å². The largest absolute Gasteiger partial charge is 0.317 e. The highest BCUT2D eigenvalue weighted by atomic mass is 32.2. The Morgan fingerprint density at radius 1 is 0.429 bits per heavy atom. The van der Waals surface area contributed by atoms with Crippen LogP contribution in [0.1, 0.15) is 174 Å². The highest BCUT2D eigenvalue weighted by Crippen LogP contribution is 2.14. The molecule has 0 saturated heterocycles. The molecule has 35 heavy (non-hydrogen) atoms. The molecule has 0 amide bonds. The van der Waals surface area contributed by atoms with Crippen molar-refractivity contribution in [1.82, 2.24) is 5.32 Å². The van der Waals surface area contributed by atoms with E-state index in [1.807, 2.05) is 0 Å². The smallest absolute Gasteiger partial charge is 0.264 e. The number of hydrogen-bond donors (Lipinski definition) is 2. The first-order chi connectivity index (χ1) is 17.1. The second kappa shape index (κ2) is 28.4. The predicted octanol–water partition coefficient (Wildman–Crippen LogP) is 9.63. The van der Waals surface area contributed by atoms with Crippen molar-refractivity contribution in [2.45, 2.75) is 174 Å². The van der Waals surface area contributed by atoms with Crippen molar-refractivity contribution >= 4 is 10.1 Å². The Bertz CT molecular complexity index is 496. The summed E-state index contributed by atoms with van der Waals surface area (Å²) in [4.78, 5) is 0. The van der Waals surface area contributed by atoms with Gasteiger partial charge in [-0.3, -0.25) is 4.55 Å². The van der Waals surface area contributed by atoms with Crippen LogP contribution in [-0.2, 0) is 10.1 Å². The highest BCUT2D eigenvalue weighted by Gasteiger charge is 2.03. The van der Waals surface area contributed by atoms with Gasteiger partial charge in [0.2, 0.25) is 0 Å². The van der Waals surface area contributed by atoms with E-state index in [1.165, 1.54) is 161 Å². The Hall–Kier alpha value is -0.130. The molecule has 0 fully saturated rings. The zero-order valence-corrected chi connectivity index (χ0v) is 24.5. The van der Waals surface area contributed by atoms with Gasteiger partial charge in [-0.1, -0.05) is 155 Å². The van der Waals surface area contributed by atoms with Crippen molar-refractivity contribution in [2.24, 2.45) is 0 Å². The van der Waals surface area contributed by atoms with E-state index in [2.05, 4.69) is 12.2 Å². The summed E-state index contributed by atoms with van der Waals surface area (Å²) in [7, 11) is -3.76. The first-order valence-electron chi connectivity index (χ1n) is 15.7. The van der Waals surface area contributed by atoms with E-state index < -0.39 is 10.1 Å². The molecule has 212 valence electrons. The molecule has 0 saturated carbocycles. The van der Waals surface area contributed by atoms with Gasteiger partial charge in [-0.25, -0.2) is 0 Å². The maximum atomic E-state index is 10.6. The van der Waals surface area contributed by atoms with Gasteiger partial charge in [0.1, 0.15) is 0 Å². The van der Waals surface area contributed by atoms with Gasteiger partial charge < -0.3 is 5.32 Å². The van der Waals surface area contributed by atoms with Crippen LogP contribution in [0.4, 0.5) is 0 Å². The van der Waals surface area contributed by atoms with Gasteiger partial charge in [-0.2, -0.15) is 8.42 Å². The molecule has 0 aliphatic heterocycles. The quantitative estimate of drug-likeness (QED) is 0.0735. The van der Waals surface area contributed by atoms with Crippen molar-refractivity contribution < 1.29 is 13.0 Å². The molecule has 0 spiro atoms. The molecule has 2 N–H and O–H groups in total. The van der Waals surface area contributed by atoms with E-state index in [0.717, 1.165) is 12.8 Å². The standard InChI is InChI=1S/C30H63NO3S/c1-2-3-4-5-6-7-16-19-22-25-28-31-29-26-23-20-17-14-12-10-8-9-11-13-15-18-21-24-27-30-35(32,33)34/h31H,2-30H2,1H3,(H,32,33,34). The maximum absolute atomic E-state index is 10.6. The van der Waals surface area contributed by atoms with Crippen LogP contribution in [0.5, 0.6) is 0 Å². The topological polar surface area (TPSA) is 66.4 Å². The van der Waals surface area contributed by atoms with E-state index in [0.29, 0.717) is 6.42 Å². The summed E-state index contributed by atoms with van der Waals surface area (Å²) in [6.07, 6.45) is 34.4. The van der Waals surface area contributed by atoms with Crippen LogP contribution in [-0.4, -0.2) is 31.8 Å². The van der Waals surface area contributed by atoms with Gasteiger partial charge in [-0.15, -0.1) is 0 Å². The summed E-state index contributed by atoms with van der Waals surface area (Å²) in [5.74, 6) is -0.0797. The third kappa shape index (κ3) is 33.9. The first-order valence-corrected chi connectivity index (χ1v) is 17.3. The minimum absolute atomic E-state index is 0.0797. The lowest BCUT2D eigenvalue weighted by Crippen LogP contribution is -2.16. The van der Waals surface area contributed by atoms with E-state index in [1.54, 1.807) is 0 Å². The lowest BCUT2D eigenvalue weighted by atomic mass is 10.0. The fourth-order valence-electron chi connectivity index (χ4n) is 4.87. The first kappa shape index (κ1) is 34.9. The molecule has 0 aliphatic rings. The molecule has 0 radical (unpaired) electrons. The summed E-state index contributed by atoms with van der Waals surface area (Å²) >= 11 is 0. The maximum Gasteiger partial charge on any atom is 0.264 e. The normalized spacial score (nSPS) is 11.9. The monoisotopic (exact) mass is 517 g/mol. The minimum Gasteiger partial charge on any atom is -0.317 e. The fraction of sp³-hybridized carbons (Fsp3) is 1.00. The summed E-state index contributed by atoms with van der Waals surface area (Å²) in [5.41, 5.74) is 0. The van der Waals surface area contributed by atoms with Gasteiger partial charge in [0, 0.05) is 0 Å². The third-order valence-electron chi connectivity index (χ3n) is 7.21. The molecular weight excluding hydrogens is 454 g/mol. The second-order valence-corrected chi connectivity index (χ2v) is 12.4. The van der Waals surface area contributed by atoms with Gasteiger partial charge in [0.25, 0.3) is 10.1 Å². The van der Waals surface area contributed by atoms with Gasteiger partial charge in [-0.05, 0) is 32.4 Å². The Kier molecular flexibility index (Phi) is 28.3. The lowest BCUT2D eigenvalue weighted by Gasteiger charge is -2.06. The van der Waals surface area contributed by atoms with Gasteiger partial charge in [0.15, 0.2) is 0 Å². The molecule has 0 aliphatic carbocycles. The second-order valence-electron chi connectivity index (χ2n) is 10.9. The van der Waals surface area contributed by atoms with Gasteiger partial charge in [0.05, 0.1) is 5.75 Å². The Morgan fingerprint density at radius 2 is 0.686 bits per heavy atom. The van der Waals surface area contributed by atoms with Crippen LogP contribution in [0.3, 0.4) is 0 Å².